The van der Waals surface area contributed by atoms with Gasteiger partial charge in [0.05, 0.1) is 0 Å². The average Bonchev–Trinajstić information content (AvgIpc) is 3.09. The Morgan fingerprint density at radius 3 is 2.87 bits per heavy atom. The van der Waals surface area contributed by atoms with Crippen molar-refractivity contribution < 1.29 is 4.74 Å². The zero-order chi connectivity index (χ0) is 15.5. The number of aromatic amines is 1. The van der Waals surface area contributed by atoms with Crippen LogP contribution >= 0.6 is 0 Å². The first kappa shape index (κ1) is 14.3. The number of benzene rings is 2. The van der Waals surface area contributed by atoms with Gasteiger partial charge in [0.1, 0.15) is 0 Å². The second kappa shape index (κ2) is 6.47. The summed E-state index contributed by atoms with van der Waals surface area (Å²) in [7, 11) is 0. The molecule has 2 aromatic carbocycles. The quantitative estimate of drug-likeness (QED) is 0.734. The van der Waals surface area contributed by atoms with E-state index in [-0.39, 0.29) is 0 Å². The van der Waals surface area contributed by atoms with E-state index in [0.717, 1.165) is 32.6 Å². The molecule has 4 rings (SSSR count). The molecule has 2 N–H and O–H groups in total. The van der Waals surface area contributed by atoms with Gasteiger partial charge in [-0.05, 0) is 59.5 Å². The molecule has 0 amide bonds. The molecule has 0 atom stereocenters. The van der Waals surface area contributed by atoms with Gasteiger partial charge in [-0.2, -0.15) is 0 Å². The molecule has 1 fully saturated rings. The molecule has 0 spiro atoms. The lowest BCUT2D eigenvalue weighted by molar-refractivity contribution is 0.0853. The van der Waals surface area contributed by atoms with E-state index in [1.54, 1.807) is 0 Å². The Labute approximate surface area is 136 Å². The molecule has 3 aromatic rings. The van der Waals surface area contributed by atoms with Crippen LogP contribution in [0.1, 0.15) is 29.9 Å². The van der Waals surface area contributed by atoms with Crippen LogP contribution in [0.5, 0.6) is 0 Å². The Kier molecular flexibility index (Phi) is 4.03. The predicted octanol–water partition coefficient (Wildman–Crippen LogP) is 4.67. The standard InChI is InChI=1S/C20H22N2O/c1-2-18(16-7-10-23-11-8-16)13-19(3-1)22-14-15-4-5-17-6-9-21-20(17)12-15/h1-6,9,12-13,16,21-22H,7-8,10-11,14H2. The number of anilines is 1. The number of hydrogen-bond donors (Lipinski definition) is 2. The lowest BCUT2D eigenvalue weighted by Crippen LogP contribution is -2.14. The molecule has 0 aliphatic carbocycles. The highest BCUT2D eigenvalue weighted by Crippen LogP contribution is 2.28. The lowest BCUT2D eigenvalue weighted by Gasteiger charge is -2.23. The molecule has 1 aliphatic heterocycles. The van der Waals surface area contributed by atoms with Crippen LogP contribution in [0, 0.1) is 0 Å². The minimum Gasteiger partial charge on any atom is -0.381 e. The van der Waals surface area contributed by atoms with Gasteiger partial charge in [0.15, 0.2) is 0 Å². The monoisotopic (exact) mass is 306 g/mol. The molecule has 0 saturated carbocycles. The van der Waals surface area contributed by atoms with Crippen molar-refractivity contribution in [2.24, 2.45) is 0 Å². The predicted molar refractivity (Wildman–Crippen MR) is 94.9 cm³/mol. The first-order valence-corrected chi connectivity index (χ1v) is 8.36. The Morgan fingerprint density at radius 2 is 1.96 bits per heavy atom. The van der Waals surface area contributed by atoms with E-state index in [0.29, 0.717) is 5.92 Å². The molecule has 118 valence electrons. The first-order chi connectivity index (χ1) is 11.4. The van der Waals surface area contributed by atoms with Gasteiger partial charge in [-0.1, -0.05) is 24.3 Å². The highest BCUT2D eigenvalue weighted by Gasteiger charge is 2.15. The van der Waals surface area contributed by atoms with Crippen molar-refractivity contribution in [1.82, 2.24) is 4.98 Å². The SMILES string of the molecule is c1cc(NCc2ccc3cc[nH]c3c2)cc(C2CCOCC2)c1. The number of fused-ring (bicyclic) bond motifs is 1. The Bertz CT molecular complexity index is 787. The zero-order valence-electron chi connectivity index (χ0n) is 13.2. The van der Waals surface area contributed by atoms with Gasteiger partial charge in [0, 0.05) is 37.2 Å². The topological polar surface area (TPSA) is 37.0 Å². The second-order valence-electron chi connectivity index (χ2n) is 6.26. The van der Waals surface area contributed by atoms with Crippen LogP contribution < -0.4 is 5.32 Å². The second-order valence-corrected chi connectivity index (χ2v) is 6.26. The number of rotatable bonds is 4. The number of nitrogens with one attached hydrogen (secondary N) is 2. The van der Waals surface area contributed by atoms with E-state index < -0.39 is 0 Å². The molecule has 0 bridgehead atoms. The van der Waals surface area contributed by atoms with Crippen molar-refractivity contribution in [3.05, 3.63) is 65.9 Å². The van der Waals surface area contributed by atoms with E-state index in [9.17, 15) is 0 Å². The summed E-state index contributed by atoms with van der Waals surface area (Å²) in [5.41, 5.74) is 5.11. The molecular weight excluding hydrogens is 284 g/mol. The van der Waals surface area contributed by atoms with Gasteiger partial charge >= 0.3 is 0 Å². The summed E-state index contributed by atoms with van der Waals surface area (Å²) < 4.78 is 5.47. The Hall–Kier alpha value is -2.26. The molecule has 0 radical (unpaired) electrons. The van der Waals surface area contributed by atoms with Crippen molar-refractivity contribution >= 4 is 16.6 Å². The molecule has 1 aromatic heterocycles. The minimum absolute atomic E-state index is 0.640. The molecule has 3 nitrogen and oxygen atoms in total. The molecule has 2 heterocycles. The number of ether oxygens (including phenoxy) is 1. The zero-order valence-corrected chi connectivity index (χ0v) is 13.2. The highest BCUT2D eigenvalue weighted by molar-refractivity contribution is 5.79. The normalized spacial score (nSPS) is 15.8. The van der Waals surface area contributed by atoms with Crippen molar-refractivity contribution in [2.75, 3.05) is 18.5 Å². The summed E-state index contributed by atoms with van der Waals surface area (Å²) in [5, 5.41) is 4.81. The van der Waals surface area contributed by atoms with Crippen LogP contribution in [-0.4, -0.2) is 18.2 Å². The van der Waals surface area contributed by atoms with Crippen LogP contribution in [-0.2, 0) is 11.3 Å². The van der Waals surface area contributed by atoms with Gasteiger partial charge in [0.2, 0.25) is 0 Å². The van der Waals surface area contributed by atoms with Crippen molar-refractivity contribution in [2.45, 2.75) is 25.3 Å². The molecule has 1 aliphatic rings. The van der Waals surface area contributed by atoms with Crippen LogP contribution in [0.4, 0.5) is 5.69 Å². The largest absolute Gasteiger partial charge is 0.381 e. The van der Waals surface area contributed by atoms with Crippen LogP contribution in [0.15, 0.2) is 54.7 Å². The van der Waals surface area contributed by atoms with Gasteiger partial charge in [-0.3, -0.25) is 0 Å². The highest BCUT2D eigenvalue weighted by atomic mass is 16.5. The molecule has 3 heteroatoms. The molecule has 1 saturated heterocycles. The molecule has 23 heavy (non-hydrogen) atoms. The molecule has 0 unspecified atom stereocenters. The fourth-order valence-electron chi connectivity index (χ4n) is 3.34. The summed E-state index contributed by atoms with van der Waals surface area (Å²) in [6.07, 6.45) is 4.25. The van der Waals surface area contributed by atoms with E-state index in [2.05, 4.69) is 58.8 Å². The summed E-state index contributed by atoms with van der Waals surface area (Å²) in [5.74, 6) is 0.640. The van der Waals surface area contributed by atoms with Crippen molar-refractivity contribution in [3.63, 3.8) is 0 Å². The van der Waals surface area contributed by atoms with E-state index in [1.165, 1.54) is 27.7 Å². The summed E-state index contributed by atoms with van der Waals surface area (Å²) >= 11 is 0. The average molecular weight is 306 g/mol. The maximum absolute atomic E-state index is 5.47. The lowest BCUT2D eigenvalue weighted by atomic mass is 9.91. The van der Waals surface area contributed by atoms with Gasteiger partial charge in [-0.15, -0.1) is 0 Å². The first-order valence-electron chi connectivity index (χ1n) is 8.36. The van der Waals surface area contributed by atoms with Crippen LogP contribution in [0.2, 0.25) is 0 Å². The fraction of sp³-hybridized carbons (Fsp3) is 0.300. The van der Waals surface area contributed by atoms with Crippen molar-refractivity contribution in [1.29, 1.82) is 0 Å². The third-order valence-corrected chi connectivity index (χ3v) is 4.70. The summed E-state index contributed by atoms with van der Waals surface area (Å²) in [6.45, 7) is 2.61. The third kappa shape index (κ3) is 3.25. The smallest absolute Gasteiger partial charge is 0.0471 e. The number of H-pyrrole nitrogens is 1. The van der Waals surface area contributed by atoms with Gasteiger partial charge < -0.3 is 15.0 Å². The van der Waals surface area contributed by atoms with Crippen LogP contribution in [0.3, 0.4) is 0 Å². The fourth-order valence-corrected chi connectivity index (χ4v) is 3.34. The van der Waals surface area contributed by atoms with Crippen LogP contribution in [0.25, 0.3) is 10.9 Å². The maximum Gasteiger partial charge on any atom is 0.0471 e. The number of aromatic nitrogens is 1. The number of hydrogen-bond acceptors (Lipinski definition) is 2. The van der Waals surface area contributed by atoms with E-state index in [4.69, 9.17) is 4.74 Å². The summed E-state index contributed by atoms with van der Waals surface area (Å²) in [4.78, 5) is 3.27. The summed E-state index contributed by atoms with van der Waals surface area (Å²) in [6, 6.07) is 17.5. The Balaban J connectivity index is 1.45. The van der Waals surface area contributed by atoms with E-state index in [1.807, 2.05) is 6.20 Å². The van der Waals surface area contributed by atoms with Gasteiger partial charge in [-0.25, -0.2) is 0 Å². The maximum atomic E-state index is 5.47. The van der Waals surface area contributed by atoms with Gasteiger partial charge in [0.25, 0.3) is 0 Å². The van der Waals surface area contributed by atoms with E-state index >= 15 is 0 Å². The Morgan fingerprint density at radius 1 is 1.04 bits per heavy atom. The third-order valence-electron chi connectivity index (χ3n) is 4.70. The molecular formula is C20H22N2O. The van der Waals surface area contributed by atoms with Crippen molar-refractivity contribution in [3.8, 4) is 0 Å². The minimum atomic E-state index is 0.640.